The molecule has 0 bridgehead atoms. The van der Waals surface area contributed by atoms with Gasteiger partial charge in [-0.15, -0.1) is 11.3 Å². The number of rotatable bonds is 4. The van der Waals surface area contributed by atoms with Gasteiger partial charge in [0.05, 0.1) is 15.8 Å². The zero-order valence-corrected chi connectivity index (χ0v) is 17.0. The summed E-state index contributed by atoms with van der Waals surface area (Å²) in [6.07, 6.45) is 1.91. The Morgan fingerprint density at radius 3 is 2.83 bits per heavy atom. The van der Waals surface area contributed by atoms with Gasteiger partial charge in [-0.05, 0) is 37.5 Å². The Balaban J connectivity index is 1.36. The molecule has 0 N–H and O–H groups in total. The average Bonchev–Trinajstić information content (AvgIpc) is 3.33. The highest BCUT2D eigenvalue weighted by Crippen LogP contribution is 2.32. The molecule has 6 heteroatoms. The van der Waals surface area contributed by atoms with Crippen LogP contribution in [-0.4, -0.2) is 22.2 Å². The van der Waals surface area contributed by atoms with Crippen LogP contribution in [0, 0.1) is 6.92 Å². The van der Waals surface area contributed by atoms with E-state index in [0.29, 0.717) is 19.4 Å². The SMILES string of the molecule is Cc1nn(CCCC(=O)N2CCc3ccccc32)c(=O)c2c1sc1ccccc12. The van der Waals surface area contributed by atoms with E-state index in [1.165, 1.54) is 10.2 Å². The number of aryl methyl sites for hydroxylation is 2. The molecule has 5 nitrogen and oxygen atoms in total. The zero-order valence-electron chi connectivity index (χ0n) is 16.2. The molecule has 146 valence electrons. The number of nitrogens with zero attached hydrogens (tertiary/aromatic N) is 3. The second-order valence-corrected chi connectivity index (χ2v) is 8.50. The second kappa shape index (κ2) is 7.12. The molecule has 5 rings (SSSR count). The third-order valence-electron chi connectivity index (χ3n) is 5.59. The highest BCUT2D eigenvalue weighted by Gasteiger charge is 2.23. The maximum atomic E-state index is 13.1. The number of fused-ring (bicyclic) bond motifs is 4. The second-order valence-electron chi connectivity index (χ2n) is 7.44. The van der Waals surface area contributed by atoms with Gasteiger partial charge >= 0.3 is 0 Å². The first-order chi connectivity index (χ1) is 14.1. The number of para-hydroxylation sites is 1. The van der Waals surface area contributed by atoms with Crippen molar-refractivity contribution >= 4 is 43.1 Å². The summed E-state index contributed by atoms with van der Waals surface area (Å²) in [7, 11) is 0. The standard InChI is InChI=1S/C23H21N3O2S/c1-15-22-21(17-8-3-5-10-19(17)29-22)23(28)26(24-15)13-6-11-20(27)25-14-12-16-7-2-4-9-18(16)25/h2-5,7-10H,6,11-14H2,1H3. The van der Waals surface area contributed by atoms with E-state index in [1.54, 1.807) is 11.3 Å². The quantitative estimate of drug-likeness (QED) is 0.511. The third-order valence-corrected chi connectivity index (χ3v) is 6.87. The van der Waals surface area contributed by atoms with Crippen molar-refractivity contribution in [1.82, 2.24) is 9.78 Å². The van der Waals surface area contributed by atoms with E-state index in [2.05, 4.69) is 11.2 Å². The van der Waals surface area contributed by atoms with E-state index >= 15 is 0 Å². The molecule has 0 radical (unpaired) electrons. The Kier molecular flexibility index (Phi) is 4.43. The lowest BCUT2D eigenvalue weighted by molar-refractivity contribution is -0.118. The summed E-state index contributed by atoms with van der Waals surface area (Å²) < 4.78 is 3.59. The van der Waals surface area contributed by atoms with Crippen LogP contribution in [0.15, 0.2) is 53.3 Å². The Bertz CT molecular complexity index is 1300. The fraction of sp³-hybridized carbons (Fsp3) is 0.261. The molecule has 0 aliphatic carbocycles. The topological polar surface area (TPSA) is 55.2 Å². The van der Waals surface area contributed by atoms with Gasteiger partial charge in [0.2, 0.25) is 5.91 Å². The molecule has 1 aliphatic heterocycles. The van der Waals surface area contributed by atoms with Gasteiger partial charge in [-0.3, -0.25) is 9.59 Å². The highest BCUT2D eigenvalue weighted by molar-refractivity contribution is 7.26. The van der Waals surface area contributed by atoms with Crippen LogP contribution in [0.1, 0.15) is 24.1 Å². The van der Waals surface area contributed by atoms with Gasteiger partial charge in [0.25, 0.3) is 5.56 Å². The molecule has 3 heterocycles. The van der Waals surface area contributed by atoms with Crippen LogP contribution in [-0.2, 0) is 17.8 Å². The summed E-state index contributed by atoms with van der Waals surface area (Å²) in [6.45, 7) is 3.13. The molecule has 0 saturated carbocycles. The molecular formula is C23H21N3O2S. The smallest absolute Gasteiger partial charge is 0.276 e. The maximum Gasteiger partial charge on any atom is 0.276 e. The molecule has 29 heavy (non-hydrogen) atoms. The molecule has 2 aromatic heterocycles. The van der Waals surface area contributed by atoms with Gasteiger partial charge in [0.1, 0.15) is 0 Å². The summed E-state index contributed by atoms with van der Waals surface area (Å²) in [5, 5.41) is 6.25. The van der Waals surface area contributed by atoms with Crippen LogP contribution in [0.5, 0.6) is 0 Å². The Labute approximate surface area is 172 Å². The van der Waals surface area contributed by atoms with Crippen LogP contribution in [0.2, 0.25) is 0 Å². The van der Waals surface area contributed by atoms with Crippen LogP contribution >= 0.6 is 11.3 Å². The summed E-state index contributed by atoms with van der Waals surface area (Å²) in [4.78, 5) is 27.6. The first-order valence-corrected chi connectivity index (χ1v) is 10.7. The molecule has 1 amide bonds. The van der Waals surface area contributed by atoms with Crippen LogP contribution in [0.3, 0.4) is 0 Å². The molecule has 4 aromatic rings. The number of anilines is 1. The van der Waals surface area contributed by atoms with Crippen molar-refractivity contribution in [3.63, 3.8) is 0 Å². The van der Waals surface area contributed by atoms with Gasteiger partial charge < -0.3 is 4.90 Å². The molecule has 0 atom stereocenters. The predicted octanol–water partition coefficient (Wildman–Crippen LogP) is 4.29. The minimum Gasteiger partial charge on any atom is -0.312 e. The number of benzene rings is 2. The first-order valence-electron chi connectivity index (χ1n) is 9.91. The minimum absolute atomic E-state index is 0.0676. The van der Waals surface area contributed by atoms with E-state index in [0.717, 1.165) is 44.5 Å². The normalized spacial score (nSPS) is 13.3. The van der Waals surface area contributed by atoms with Gasteiger partial charge in [-0.25, -0.2) is 4.68 Å². The number of hydrogen-bond acceptors (Lipinski definition) is 4. The fourth-order valence-corrected chi connectivity index (χ4v) is 5.31. The van der Waals surface area contributed by atoms with Crippen molar-refractivity contribution in [2.45, 2.75) is 32.7 Å². The number of amides is 1. The Hall–Kier alpha value is -2.99. The number of aromatic nitrogens is 2. The van der Waals surface area contributed by atoms with E-state index in [-0.39, 0.29) is 11.5 Å². The molecular weight excluding hydrogens is 382 g/mol. The van der Waals surface area contributed by atoms with Crippen molar-refractivity contribution in [3.8, 4) is 0 Å². The summed E-state index contributed by atoms with van der Waals surface area (Å²) in [5.41, 5.74) is 3.04. The zero-order chi connectivity index (χ0) is 20.0. The van der Waals surface area contributed by atoms with Crippen molar-refractivity contribution in [3.05, 3.63) is 70.1 Å². The lowest BCUT2D eigenvalue weighted by Gasteiger charge is -2.17. The first kappa shape index (κ1) is 18.1. The van der Waals surface area contributed by atoms with Crippen molar-refractivity contribution in [2.24, 2.45) is 0 Å². The van der Waals surface area contributed by atoms with Crippen LogP contribution in [0.25, 0.3) is 20.2 Å². The van der Waals surface area contributed by atoms with Crippen LogP contribution in [0.4, 0.5) is 5.69 Å². The molecule has 0 unspecified atom stereocenters. The van der Waals surface area contributed by atoms with E-state index in [9.17, 15) is 9.59 Å². The van der Waals surface area contributed by atoms with Gasteiger partial charge in [0, 0.05) is 35.3 Å². The van der Waals surface area contributed by atoms with E-state index < -0.39 is 0 Å². The lowest BCUT2D eigenvalue weighted by Crippen LogP contribution is -2.29. The predicted molar refractivity (Wildman–Crippen MR) is 118 cm³/mol. The molecule has 0 spiro atoms. The number of carbonyl (C=O) groups is 1. The van der Waals surface area contributed by atoms with Crippen molar-refractivity contribution in [1.29, 1.82) is 0 Å². The van der Waals surface area contributed by atoms with E-state index in [4.69, 9.17) is 0 Å². The van der Waals surface area contributed by atoms with Crippen molar-refractivity contribution in [2.75, 3.05) is 11.4 Å². The third kappa shape index (κ3) is 3.04. The summed E-state index contributed by atoms with van der Waals surface area (Å²) in [5.74, 6) is 0.113. The highest BCUT2D eigenvalue weighted by atomic mass is 32.1. The summed E-state index contributed by atoms with van der Waals surface area (Å²) in [6, 6.07) is 16.0. The Morgan fingerprint density at radius 1 is 1.14 bits per heavy atom. The number of hydrogen-bond donors (Lipinski definition) is 0. The van der Waals surface area contributed by atoms with Gasteiger partial charge in [-0.1, -0.05) is 36.4 Å². The van der Waals surface area contributed by atoms with Gasteiger partial charge in [0.15, 0.2) is 0 Å². The molecule has 0 fully saturated rings. The maximum absolute atomic E-state index is 13.1. The van der Waals surface area contributed by atoms with Crippen LogP contribution < -0.4 is 10.5 Å². The molecule has 2 aromatic carbocycles. The number of thiophene rings is 1. The van der Waals surface area contributed by atoms with Crippen molar-refractivity contribution < 1.29 is 4.79 Å². The largest absolute Gasteiger partial charge is 0.312 e. The molecule has 1 aliphatic rings. The van der Waals surface area contributed by atoms with Gasteiger partial charge in [-0.2, -0.15) is 5.10 Å². The average molecular weight is 404 g/mol. The lowest BCUT2D eigenvalue weighted by atomic mass is 10.2. The Morgan fingerprint density at radius 2 is 1.93 bits per heavy atom. The fourth-order valence-electron chi connectivity index (χ4n) is 4.18. The minimum atomic E-state index is -0.0676. The summed E-state index contributed by atoms with van der Waals surface area (Å²) >= 11 is 1.61. The van der Waals surface area contributed by atoms with E-state index in [1.807, 2.05) is 54.3 Å². The molecule has 0 saturated heterocycles. The monoisotopic (exact) mass is 403 g/mol. The number of carbonyl (C=O) groups excluding carboxylic acids is 1.